The highest BCUT2D eigenvalue weighted by molar-refractivity contribution is 5.85. The molecule has 0 aromatic heterocycles. The number of aliphatic hydroxyl groups is 6. The van der Waals surface area contributed by atoms with E-state index in [-0.39, 0.29) is 56.4 Å². The van der Waals surface area contributed by atoms with E-state index in [9.17, 15) is 28.8 Å². The van der Waals surface area contributed by atoms with E-state index in [1.807, 2.05) is 13.8 Å². The van der Waals surface area contributed by atoms with Crippen LogP contribution < -0.4 is 0 Å². The maximum Gasteiger partial charge on any atom is 0.330 e. The minimum absolute atomic E-state index is 0.156. The molecule has 0 aromatic rings. The number of carboxylic acids is 6. The summed E-state index contributed by atoms with van der Waals surface area (Å²) in [6.07, 6.45) is 3.69. The molecule has 0 amide bonds. The zero-order chi connectivity index (χ0) is 43.0. The zero-order valence-electron chi connectivity index (χ0n) is 29.9. The third-order valence-electron chi connectivity index (χ3n) is 5.13. The fourth-order valence-corrected chi connectivity index (χ4v) is 0.971. The molecular formula is C33H58O18. The number of carbonyl (C=O) groups is 6. The van der Waals surface area contributed by atoms with E-state index >= 15 is 0 Å². The Hall–Kier alpha value is -4.98. The van der Waals surface area contributed by atoms with Gasteiger partial charge in [-0.3, -0.25) is 0 Å². The van der Waals surface area contributed by atoms with Crippen LogP contribution in [0.1, 0.15) is 47.5 Å². The molecule has 0 bridgehead atoms. The van der Waals surface area contributed by atoms with Crippen molar-refractivity contribution in [3.63, 3.8) is 0 Å². The molecule has 0 aliphatic rings. The predicted molar refractivity (Wildman–Crippen MR) is 189 cm³/mol. The average Bonchev–Trinajstić information content (AvgIpc) is 3.09. The molecule has 18 nitrogen and oxygen atoms in total. The molecule has 0 unspecified atom stereocenters. The summed E-state index contributed by atoms with van der Waals surface area (Å²) >= 11 is 0. The lowest BCUT2D eigenvalue weighted by Gasteiger charge is -2.24. The van der Waals surface area contributed by atoms with Crippen LogP contribution in [0.5, 0.6) is 0 Å². The smallest absolute Gasteiger partial charge is 0.330 e. The van der Waals surface area contributed by atoms with Gasteiger partial charge in [0.25, 0.3) is 0 Å². The van der Waals surface area contributed by atoms with Crippen LogP contribution in [-0.4, -0.2) is 137 Å². The molecule has 51 heavy (non-hydrogen) atoms. The standard InChI is InChI=1S/2C6H14O3.3C4H6O2.3C3H4O2/c2*1-2-6(3-7,4-8)5-9;3*1-3(2)4(5)6;3*1-2-3(4)5/h2*7-9H,2-5H2,1H3;3*1H2,2H3,(H,5,6);3*2H,1H2,(H,4,5). The van der Waals surface area contributed by atoms with Gasteiger partial charge in [0, 0.05) is 45.8 Å². The monoisotopic (exact) mass is 742 g/mol. The minimum atomic E-state index is -0.981. The van der Waals surface area contributed by atoms with Crippen molar-refractivity contribution in [2.75, 3.05) is 39.6 Å². The molecule has 0 spiro atoms. The lowest BCUT2D eigenvalue weighted by molar-refractivity contribution is -0.133. The van der Waals surface area contributed by atoms with Crippen molar-refractivity contribution in [3.8, 4) is 0 Å². The van der Waals surface area contributed by atoms with Crippen molar-refractivity contribution in [3.05, 3.63) is 74.4 Å². The Balaban J connectivity index is -0.0000000699. The first-order chi connectivity index (χ1) is 23.2. The van der Waals surface area contributed by atoms with Crippen LogP contribution in [-0.2, 0) is 28.8 Å². The molecule has 0 saturated heterocycles. The van der Waals surface area contributed by atoms with Crippen LogP contribution >= 0.6 is 0 Å². The van der Waals surface area contributed by atoms with Gasteiger partial charge in [0.2, 0.25) is 0 Å². The van der Waals surface area contributed by atoms with Crippen molar-refractivity contribution < 1.29 is 90.0 Å². The molecule has 0 rings (SSSR count). The number of hydrogen-bond donors (Lipinski definition) is 12. The Morgan fingerprint density at radius 2 is 0.529 bits per heavy atom. The second-order valence-electron chi connectivity index (χ2n) is 9.54. The van der Waals surface area contributed by atoms with Gasteiger partial charge in [-0.2, -0.15) is 0 Å². The molecule has 0 aliphatic heterocycles. The maximum absolute atomic E-state index is 9.60. The van der Waals surface area contributed by atoms with Crippen molar-refractivity contribution in [1.29, 1.82) is 0 Å². The third-order valence-corrected chi connectivity index (χ3v) is 5.13. The van der Waals surface area contributed by atoms with Crippen molar-refractivity contribution in [1.82, 2.24) is 0 Å². The highest BCUT2D eigenvalue weighted by Gasteiger charge is 2.25. The molecule has 12 N–H and O–H groups in total. The summed E-state index contributed by atoms with van der Waals surface area (Å²) in [6, 6.07) is 0. The number of carboxylic acid groups (broad SMARTS) is 6. The molecular weight excluding hydrogens is 684 g/mol. The predicted octanol–water partition coefficient (Wildman–Crippen LogP) is 1.43. The second kappa shape index (κ2) is 43.0. The Labute approximate surface area is 298 Å². The highest BCUT2D eigenvalue weighted by Crippen LogP contribution is 2.18. The molecule has 298 valence electrons. The average molecular weight is 743 g/mol. The highest BCUT2D eigenvalue weighted by atomic mass is 16.4. The van der Waals surface area contributed by atoms with Gasteiger partial charge in [-0.15, -0.1) is 0 Å². The maximum atomic E-state index is 9.60. The lowest BCUT2D eigenvalue weighted by atomic mass is 9.88. The fraction of sp³-hybridized carbons (Fsp3) is 0.455. The van der Waals surface area contributed by atoms with Crippen LogP contribution in [0.4, 0.5) is 0 Å². The topological polar surface area (TPSA) is 345 Å². The summed E-state index contributed by atoms with van der Waals surface area (Å²) in [5, 5.41) is 98.4. The van der Waals surface area contributed by atoms with Crippen LogP contribution in [0.2, 0.25) is 0 Å². The number of hydrogen-bond acceptors (Lipinski definition) is 12. The van der Waals surface area contributed by atoms with Gasteiger partial charge < -0.3 is 61.3 Å². The minimum Gasteiger partial charge on any atom is -0.478 e. The molecule has 0 fully saturated rings. The summed E-state index contributed by atoms with van der Waals surface area (Å²) in [5.74, 6) is -5.75. The van der Waals surface area contributed by atoms with Crippen molar-refractivity contribution in [2.45, 2.75) is 47.5 Å². The molecule has 0 aliphatic carbocycles. The van der Waals surface area contributed by atoms with Gasteiger partial charge in [0.15, 0.2) is 0 Å². The van der Waals surface area contributed by atoms with Crippen molar-refractivity contribution >= 4 is 35.8 Å². The largest absolute Gasteiger partial charge is 0.478 e. The van der Waals surface area contributed by atoms with E-state index in [0.717, 1.165) is 18.2 Å². The Morgan fingerprint density at radius 3 is 0.529 bits per heavy atom. The second-order valence-corrected chi connectivity index (χ2v) is 9.54. The van der Waals surface area contributed by atoms with E-state index in [0.29, 0.717) is 12.8 Å². The van der Waals surface area contributed by atoms with Gasteiger partial charge in [-0.1, -0.05) is 53.3 Å². The number of aliphatic carboxylic acids is 6. The number of rotatable bonds is 14. The first-order valence-corrected chi connectivity index (χ1v) is 14.1. The fourth-order valence-electron chi connectivity index (χ4n) is 0.971. The van der Waals surface area contributed by atoms with Crippen LogP contribution in [0, 0.1) is 10.8 Å². The van der Waals surface area contributed by atoms with E-state index in [1.54, 1.807) is 0 Å². The van der Waals surface area contributed by atoms with E-state index in [1.165, 1.54) is 20.8 Å². The van der Waals surface area contributed by atoms with E-state index in [4.69, 9.17) is 61.3 Å². The molecule has 18 heteroatoms. The summed E-state index contributed by atoms with van der Waals surface area (Å²) in [6.45, 7) is 25.4. The molecule has 0 heterocycles. The molecule has 0 saturated carbocycles. The van der Waals surface area contributed by atoms with Gasteiger partial charge in [0.05, 0.1) is 39.6 Å². The molecule has 0 radical (unpaired) electrons. The van der Waals surface area contributed by atoms with Gasteiger partial charge in [0.1, 0.15) is 0 Å². The lowest BCUT2D eigenvalue weighted by Crippen LogP contribution is -2.32. The first-order valence-electron chi connectivity index (χ1n) is 14.1. The Bertz CT molecular complexity index is 861. The van der Waals surface area contributed by atoms with Gasteiger partial charge in [-0.25, -0.2) is 28.8 Å². The normalized spacial score (nSPS) is 8.76. The summed E-state index contributed by atoms with van der Waals surface area (Å²) < 4.78 is 0. The summed E-state index contributed by atoms with van der Waals surface area (Å²) in [5.41, 5.74) is -0.806. The Kier molecular flexibility index (Phi) is 54.5. The summed E-state index contributed by atoms with van der Waals surface area (Å²) in [4.78, 5) is 56.5. The number of aliphatic hydroxyl groups excluding tert-OH is 6. The van der Waals surface area contributed by atoms with Crippen LogP contribution in [0.25, 0.3) is 0 Å². The van der Waals surface area contributed by atoms with Crippen LogP contribution in [0.15, 0.2) is 74.4 Å². The first kappa shape index (κ1) is 64.5. The Morgan fingerprint density at radius 1 is 0.431 bits per heavy atom. The van der Waals surface area contributed by atoms with Crippen LogP contribution in [0.3, 0.4) is 0 Å². The third kappa shape index (κ3) is 60.8. The molecule has 0 atom stereocenters. The summed E-state index contributed by atoms with van der Waals surface area (Å²) in [7, 11) is 0. The molecule has 0 aromatic carbocycles. The van der Waals surface area contributed by atoms with Gasteiger partial charge in [-0.05, 0) is 33.6 Å². The zero-order valence-corrected chi connectivity index (χ0v) is 29.9. The van der Waals surface area contributed by atoms with E-state index in [2.05, 4.69) is 39.5 Å². The van der Waals surface area contributed by atoms with Crippen molar-refractivity contribution in [2.24, 2.45) is 10.8 Å². The quantitative estimate of drug-likeness (QED) is 0.112. The van der Waals surface area contributed by atoms with E-state index < -0.39 is 46.6 Å². The SMILES string of the molecule is C=C(C)C(=O)O.C=C(C)C(=O)O.C=C(C)C(=O)O.C=CC(=O)O.C=CC(=O)O.C=CC(=O)O.CCC(CO)(CO)CO.CCC(CO)(CO)CO. The van der Waals surface area contributed by atoms with Gasteiger partial charge >= 0.3 is 35.8 Å².